The Labute approximate surface area is 145 Å². The van der Waals surface area contributed by atoms with Crippen LogP contribution in [0.15, 0.2) is 53.7 Å². The molecule has 0 aliphatic carbocycles. The molecule has 0 unspecified atom stereocenters. The lowest BCUT2D eigenvalue weighted by atomic mass is 10.1. The molecule has 0 spiro atoms. The summed E-state index contributed by atoms with van der Waals surface area (Å²) in [5, 5.41) is 10.5. The van der Waals surface area contributed by atoms with Crippen LogP contribution < -0.4 is 0 Å². The number of rotatable bonds is 5. The van der Waals surface area contributed by atoms with Crippen LogP contribution in [-0.2, 0) is 12.3 Å². The molecule has 0 N–H and O–H groups in total. The zero-order chi connectivity index (χ0) is 16.2. The van der Waals surface area contributed by atoms with E-state index in [1.807, 2.05) is 18.2 Å². The van der Waals surface area contributed by atoms with E-state index < -0.39 is 0 Å². The standard InChI is InChI=1S/C18H18ClN3S/c1-3-22-17(15-8-4-6-13(2)10-15)20-21-18(22)23-12-14-7-5-9-16(19)11-14/h4-11H,3,12H2,1-2H3. The fourth-order valence-electron chi connectivity index (χ4n) is 2.45. The molecule has 1 heterocycles. The molecule has 0 aliphatic heterocycles. The lowest BCUT2D eigenvalue weighted by Gasteiger charge is -2.08. The molecule has 0 radical (unpaired) electrons. The first-order valence-corrected chi connectivity index (χ1v) is 8.91. The number of hydrogen-bond acceptors (Lipinski definition) is 3. The molecule has 0 fully saturated rings. The minimum atomic E-state index is 0.764. The Hall–Kier alpha value is -1.78. The van der Waals surface area contributed by atoms with Crippen molar-refractivity contribution in [2.75, 3.05) is 0 Å². The van der Waals surface area contributed by atoms with Gasteiger partial charge in [-0.15, -0.1) is 10.2 Å². The second-order valence-corrected chi connectivity index (χ2v) is 6.72. The van der Waals surface area contributed by atoms with E-state index in [1.165, 1.54) is 11.1 Å². The molecule has 0 amide bonds. The van der Waals surface area contributed by atoms with Gasteiger partial charge in [0.2, 0.25) is 0 Å². The molecule has 1 aromatic heterocycles. The topological polar surface area (TPSA) is 30.7 Å². The number of nitrogens with zero attached hydrogens (tertiary/aromatic N) is 3. The van der Waals surface area contributed by atoms with Crippen molar-refractivity contribution in [1.82, 2.24) is 14.8 Å². The zero-order valence-electron chi connectivity index (χ0n) is 13.2. The second kappa shape index (κ2) is 7.20. The van der Waals surface area contributed by atoms with Crippen LogP contribution in [0.1, 0.15) is 18.1 Å². The maximum Gasteiger partial charge on any atom is 0.191 e. The Morgan fingerprint density at radius 2 is 1.91 bits per heavy atom. The zero-order valence-corrected chi connectivity index (χ0v) is 14.7. The van der Waals surface area contributed by atoms with Crippen molar-refractivity contribution in [3.63, 3.8) is 0 Å². The maximum atomic E-state index is 6.04. The molecule has 3 nitrogen and oxygen atoms in total. The predicted octanol–water partition coefficient (Wildman–Crippen LogP) is 5.22. The molecule has 0 saturated carbocycles. The maximum absolute atomic E-state index is 6.04. The Morgan fingerprint density at radius 3 is 2.65 bits per heavy atom. The molecule has 5 heteroatoms. The molecule has 3 aromatic rings. The van der Waals surface area contributed by atoms with Gasteiger partial charge in [-0.25, -0.2) is 0 Å². The van der Waals surface area contributed by atoms with Crippen molar-refractivity contribution in [3.8, 4) is 11.4 Å². The van der Waals surface area contributed by atoms with E-state index in [9.17, 15) is 0 Å². The van der Waals surface area contributed by atoms with Crippen molar-refractivity contribution >= 4 is 23.4 Å². The number of thioether (sulfide) groups is 1. The first-order valence-electron chi connectivity index (χ1n) is 7.55. The fourth-order valence-corrected chi connectivity index (χ4v) is 3.61. The molecule has 118 valence electrons. The molecular formula is C18H18ClN3S. The smallest absolute Gasteiger partial charge is 0.191 e. The van der Waals surface area contributed by atoms with Crippen LogP contribution in [0.4, 0.5) is 0 Å². The highest BCUT2D eigenvalue weighted by molar-refractivity contribution is 7.98. The Balaban J connectivity index is 1.84. The summed E-state index contributed by atoms with van der Waals surface area (Å²) >= 11 is 7.73. The Bertz CT molecular complexity index is 814. The lowest BCUT2D eigenvalue weighted by Crippen LogP contribution is -2.00. The average Bonchev–Trinajstić information content (AvgIpc) is 2.96. The van der Waals surface area contributed by atoms with E-state index in [1.54, 1.807) is 11.8 Å². The van der Waals surface area contributed by atoms with Crippen LogP contribution in [0.2, 0.25) is 5.02 Å². The van der Waals surface area contributed by atoms with Crippen LogP contribution in [0, 0.1) is 6.92 Å². The van der Waals surface area contributed by atoms with E-state index in [4.69, 9.17) is 11.6 Å². The molecule has 0 bridgehead atoms. The van der Waals surface area contributed by atoms with Crippen molar-refractivity contribution in [1.29, 1.82) is 0 Å². The molecule has 0 aliphatic rings. The first kappa shape index (κ1) is 16.1. The van der Waals surface area contributed by atoms with Gasteiger partial charge in [0.1, 0.15) is 0 Å². The van der Waals surface area contributed by atoms with Crippen molar-refractivity contribution < 1.29 is 0 Å². The van der Waals surface area contributed by atoms with Crippen molar-refractivity contribution in [3.05, 3.63) is 64.7 Å². The monoisotopic (exact) mass is 343 g/mol. The van der Waals surface area contributed by atoms with Gasteiger partial charge >= 0.3 is 0 Å². The summed E-state index contributed by atoms with van der Waals surface area (Å²) in [5.74, 6) is 1.75. The normalized spacial score (nSPS) is 10.9. The van der Waals surface area contributed by atoms with Gasteiger partial charge in [-0.3, -0.25) is 0 Å². The lowest BCUT2D eigenvalue weighted by molar-refractivity contribution is 0.687. The summed E-state index contributed by atoms with van der Waals surface area (Å²) in [7, 11) is 0. The highest BCUT2D eigenvalue weighted by atomic mass is 35.5. The minimum absolute atomic E-state index is 0.764. The molecule has 0 saturated heterocycles. The van der Waals surface area contributed by atoms with Gasteiger partial charge in [-0.05, 0) is 37.6 Å². The van der Waals surface area contributed by atoms with Gasteiger partial charge in [-0.2, -0.15) is 0 Å². The molecule has 23 heavy (non-hydrogen) atoms. The molecule has 2 aromatic carbocycles. The highest BCUT2D eigenvalue weighted by Gasteiger charge is 2.13. The van der Waals surface area contributed by atoms with Gasteiger partial charge in [0.05, 0.1) is 0 Å². The number of aryl methyl sites for hydroxylation is 1. The second-order valence-electron chi connectivity index (χ2n) is 5.34. The van der Waals surface area contributed by atoms with E-state index in [0.717, 1.165) is 33.9 Å². The van der Waals surface area contributed by atoms with Gasteiger partial charge in [0.15, 0.2) is 11.0 Å². The molecular weight excluding hydrogens is 326 g/mol. The Kier molecular flexibility index (Phi) is 5.03. The third-order valence-electron chi connectivity index (χ3n) is 3.57. The summed E-state index contributed by atoms with van der Waals surface area (Å²) in [5.41, 5.74) is 3.51. The largest absolute Gasteiger partial charge is 0.302 e. The van der Waals surface area contributed by atoms with E-state index >= 15 is 0 Å². The van der Waals surface area contributed by atoms with Gasteiger partial charge in [0, 0.05) is 22.9 Å². The minimum Gasteiger partial charge on any atom is -0.302 e. The van der Waals surface area contributed by atoms with Crippen LogP contribution in [0.3, 0.4) is 0 Å². The first-order chi connectivity index (χ1) is 11.2. The fraction of sp³-hybridized carbons (Fsp3) is 0.222. The average molecular weight is 344 g/mol. The summed E-state index contributed by atoms with van der Waals surface area (Å²) in [6.07, 6.45) is 0. The third-order valence-corrected chi connectivity index (χ3v) is 4.84. The summed E-state index contributed by atoms with van der Waals surface area (Å²) in [4.78, 5) is 0. The van der Waals surface area contributed by atoms with Crippen LogP contribution in [0.5, 0.6) is 0 Å². The molecule has 3 rings (SSSR count). The van der Waals surface area contributed by atoms with Gasteiger partial charge in [-0.1, -0.05) is 59.3 Å². The number of aromatic nitrogens is 3. The van der Waals surface area contributed by atoms with Crippen molar-refractivity contribution in [2.45, 2.75) is 31.3 Å². The molecule has 0 atom stereocenters. The summed E-state index contributed by atoms with van der Waals surface area (Å²) in [6, 6.07) is 16.3. The third kappa shape index (κ3) is 3.77. The van der Waals surface area contributed by atoms with Crippen molar-refractivity contribution in [2.24, 2.45) is 0 Å². The summed E-state index contributed by atoms with van der Waals surface area (Å²) in [6.45, 7) is 5.05. The number of hydrogen-bond donors (Lipinski definition) is 0. The Morgan fingerprint density at radius 1 is 1.09 bits per heavy atom. The number of halogens is 1. The van der Waals surface area contributed by atoms with Gasteiger partial charge in [0.25, 0.3) is 0 Å². The van der Waals surface area contributed by atoms with Crippen LogP contribution >= 0.6 is 23.4 Å². The number of benzene rings is 2. The summed E-state index contributed by atoms with van der Waals surface area (Å²) < 4.78 is 2.16. The quantitative estimate of drug-likeness (QED) is 0.595. The van der Waals surface area contributed by atoms with Crippen LogP contribution in [0.25, 0.3) is 11.4 Å². The van der Waals surface area contributed by atoms with Crippen LogP contribution in [-0.4, -0.2) is 14.8 Å². The van der Waals surface area contributed by atoms with E-state index in [0.29, 0.717) is 0 Å². The predicted molar refractivity (Wildman–Crippen MR) is 96.9 cm³/mol. The highest BCUT2D eigenvalue weighted by Crippen LogP contribution is 2.27. The van der Waals surface area contributed by atoms with E-state index in [-0.39, 0.29) is 0 Å². The SMILES string of the molecule is CCn1c(SCc2cccc(Cl)c2)nnc1-c1cccc(C)c1. The van der Waals surface area contributed by atoms with E-state index in [2.05, 4.69) is 58.9 Å². The van der Waals surface area contributed by atoms with Gasteiger partial charge < -0.3 is 4.57 Å².